The largest absolute Gasteiger partial charge is 0.458 e. The van der Waals surface area contributed by atoms with Crippen LogP contribution in [0.15, 0.2) is 254 Å². The van der Waals surface area contributed by atoms with E-state index in [0.717, 1.165) is 26.4 Å². The van der Waals surface area contributed by atoms with E-state index in [-0.39, 0.29) is 44.8 Å². The Morgan fingerprint density at radius 1 is 0.540 bits per heavy atom. The molecule has 0 radical (unpaired) electrons. The van der Waals surface area contributed by atoms with Gasteiger partial charge in [0.1, 0.15) is 17.3 Å². The Morgan fingerprint density at radius 2 is 1.17 bits per heavy atom. The highest BCUT2D eigenvalue weighted by Gasteiger charge is 2.46. The molecule has 1 aliphatic carbocycles. The zero-order valence-electron chi connectivity index (χ0n) is 82.9. The van der Waals surface area contributed by atoms with Gasteiger partial charge in [0, 0.05) is 39.5 Å². The smallest absolute Gasteiger partial charge is 0.269 e. The van der Waals surface area contributed by atoms with Gasteiger partial charge < -0.3 is 4.74 Å². The summed E-state index contributed by atoms with van der Waals surface area (Å²) < 4.78 is 345. The summed E-state index contributed by atoms with van der Waals surface area (Å²) >= 11 is 0. The zero-order chi connectivity index (χ0) is 90.1. The summed E-state index contributed by atoms with van der Waals surface area (Å²) in [6.45, 7) is -5.43. The summed E-state index contributed by atoms with van der Waals surface area (Å²) in [4.78, 5) is 4.82. The minimum Gasteiger partial charge on any atom is -0.458 e. The van der Waals surface area contributed by atoms with Crippen molar-refractivity contribution in [3.63, 3.8) is 0 Å². The molecule has 0 atom stereocenters. The molecule has 5 nitrogen and oxygen atoms in total. The number of nitrogens with zero attached hydrogens (tertiary/aromatic N) is 4. The molecule has 13 aromatic rings. The Labute approximate surface area is 563 Å². The van der Waals surface area contributed by atoms with Crippen LogP contribution in [0.4, 0.5) is 0 Å². The van der Waals surface area contributed by atoms with E-state index < -0.39 is 251 Å². The van der Waals surface area contributed by atoms with Crippen LogP contribution in [0.5, 0.6) is 11.5 Å². The van der Waals surface area contributed by atoms with Gasteiger partial charge in [0.05, 0.1) is 65.0 Å². The van der Waals surface area contributed by atoms with Crippen molar-refractivity contribution in [2.45, 2.75) is 97.0 Å². The number of aromatic nitrogens is 4. The molecule has 0 bridgehead atoms. The maximum absolute atomic E-state index is 10.9. The minimum atomic E-state index is -6.71. The lowest BCUT2D eigenvalue weighted by Gasteiger charge is -2.38. The molecule has 0 amide bonds. The molecule has 0 saturated carbocycles. The van der Waals surface area contributed by atoms with E-state index in [1.807, 2.05) is 47.0 Å². The lowest BCUT2D eigenvalue weighted by atomic mass is 9.81. The first kappa shape index (κ1) is 28.9. The van der Waals surface area contributed by atoms with Crippen molar-refractivity contribution >= 4 is 61.7 Å². The molecule has 1 aliphatic rings. The maximum atomic E-state index is 10.9. The van der Waals surface area contributed by atoms with E-state index in [4.69, 9.17) is 26.2 Å². The molecule has 0 spiro atoms. The Morgan fingerprint density at radius 3 is 1.84 bits per heavy atom. The second-order valence-corrected chi connectivity index (χ2v) is 27.2. The second-order valence-electron chi connectivity index (χ2n) is 23.7. The number of ether oxygens (including phenoxy) is 1. The summed E-state index contributed by atoms with van der Waals surface area (Å²) in [5.74, 6) is 0.910. The van der Waals surface area contributed by atoms with Crippen molar-refractivity contribution < 1.29 is 57.3 Å². The summed E-state index contributed by atoms with van der Waals surface area (Å²) in [6.07, 6.45) is 3.11. The highest BCUT2D eigenvalue weighted by atomic mass is 28.3. The fourth-order valence-corrected chi connectivity index (χ4v) is 15.8. The molecular formula is C81H74N4OSi. The first-order chi connectivity index (χ1) is 56.4. The van der Waals surface area contributed by atoms with Gasteiger partial charge in [0.15, 0.2) is 8.07 Å². The molecule has 10 aromatic carbocycles. The second kappa shape index (κ2) is 21.0. The highest BCUT2D eigenvalue weighted by molar-refractivity contribution is 7.20. The van der Waals surface area contributed by atoms with Crippen molar-refractivity contribution in [3.8, 4) is 50.9 Å². The minimum absolute atomic E-state index is 0.0155. The van der Waals surface area contributed by atoms with Crippen LogP contribution >= 0.6 is 0 Å². The number of imidazole rings is 1. The molecule has 0 fully saturated rings. The predicted octanol–water partition coefficient (Wildman–Crippen LogP) is 17.3. The Bertz CT molecular complexity index is 6370. The summed E-state index contributed by atoms with van der Waals surface area (Å²) in [6, 6.07) is 2.92. The standard InChI is InChI=1S/C81H74N4OSi/c1-78(2,3)58-44-45-82-76(50-58)85-71-37-24-23-36-66(71)67-41-40-62(52-73(67)85)86-61-29-25-28-60(51-61)83-54-84(72-43-39-56(47-74(72)83)55-26-15-11-16-27-55)77-68(57-38-42-69-70(46-57)81(9,10)53-80(69,7)8)48-59(79(4,5)6)49-75(77)87(63-30-17-12-18-31-63,64-32-19-13-20-33-64)65-34-21-14-22-35-65/h11-52H,53H2,1-10H3/i7D3,8D3,9D3,10D3,11D,12D,13D,14D,15D,16D,17D,18D,19D,20D,21D,22D,26D,27D,30D,31D,32D,33D,34D,35D,38D,42D,46D. The van der Waals surface area contributed by atoms with Gasteiger partial charge in [-0.15, -0.1) is 0 Å². The van der Waals surface area contributed by atoms with Crippen LogP contribution in [0.2, 0.25) is 0 Å². The van der Waals surface area contributed by atoms with Crippen molar-refractivity contribution in [1.82, 2.24) is 14.1 Å². The first-order valence-corrected chi connectivity index (χ1v) is 29.8. The number of benzene rings is 10. The van der Waals surface area contributed by atoms with Gasteiger partial charge in [0.2, 0.25) is 0 Å². The van der Waals surface area contributed by atoms with Crippen LogP contribution in [0.1, 0.15) is 146 Å². The van der Waals surface area contributed by atoms with Crippen molar-refractivity contribution in [2.75, 3.05) is 0 Å². The molecule has 0 aliphatic heterocycles. The summed E-state index contributed by atoms with van der Waals surface area (Å²) in [7, 11) is -6.71. The van der Waals surface area contributed by atoms with Crippen LogP contribution in [0.3, 0.4) is 0 Å². The van der Waals surface area contributed by atoms with Gasteiger partial charge in [-0.2, -0.15) is 0 Å². The van der Waals surface area contributed by atoms with E-state index in [0.29, 0.717) is 11.3 Å². The number of fused-ring (bicyclic) bond motifs is 5. The van der Waals surface area contributed by atoms with E-state index in [9.17, 15) is 31.5 Å². The fraction of sp³-hybridized carbons (Fsp3) is 0.185. The van der Waals surface area contributed by atoms with E-state index >= 15 is 0 Å². The van der Waals surface area contributed by atoms with Crippen molar-refractivity contribution in [1.29, 1.82) is 0 Å². The topological polar surface area (TPSA) is 35.9 Å². The van der Waals surface area contributed by atoms with Crippen LogP contribution in [-0.2, 0) is 21.7 Å². The Balaban J connectivity index is 1.25. The van der Waals surface area contributed by atoms with Crippen molar-refractivity contribution in [2.24, 2.45) is 0 Å². The molecule has 0 saturated heterocycles. The van der Waals surface area contributed by atoms with Crippen LogP contribution in [0.25, 0.3) is 72.3 Å². The highest BCUT2D eigenvalue weighted by Crippen LogP contribution is 2.51. The molecule has 3 heterocycles. The quantitative estimate of drug-likeness (QED) is 0.0560. The average Bonchev–Trinajstić information content (AvgIpc) is 1.42. The van der Waals surface area contributed by atoms with Crippen LogP contribution in [0, 0.1) is 6.33 Å². The predicted molar refractivity (Wildman–Crippen MR) is 365 cm³/mol. The van der Waals surface area contributed by atoms with Crippen LogP contribution in [-0.4, -0.2) is 22.2 Å². The molecule has 6 heteroatoms. The number of hydrogen-bond acceptors (Lipinski definition) is 2. The molecule has 14 rings (SSSR count). The van der Waals surface area contributed by atoms with E-state index in [2.05, 4.69) is 27.1 Å². The zero-order valence-corrected chi connectivity index (χ0v) is 48.9. The van der Waals surface area contributed by atoms with Gasteiger partial charge in [-0.3, -0.25) is 13.7 Å². The summed E-state index contributed by atoms with van der Waals surface area (Å²) in [5.41, 5.74) is -13.5. The lowest BCUT2D eigenvalue weighted by molar-refractivity contribution is -0.570. The van der Waals surface area contributed by atoms with Crippen LogP contribution < -0.4 is 30.1 Å². The van der Waals surface area contributed by atoms with Gasteiger partial charge >= 0.3 is 0 Å². The van der Waals surface area contributed by atoms with Gasteiger partial charge in [-0.25, -0.2) is 4.98 Å². The third-order valence-electron chi connectivity index (χ3n) is 15.9. The first-order valence-electron chi connectivity index (χ1n) is 45.3. The van der Waals surface area contributed by atoms with Gasteiger partial charge in [-0.1, -0.05) is 256 Å². The summed E-state index contributed by atoms with van der Waals surface area (Å²) in [5, 5.41) is -2.38. The van der Waals surface area contributed by atoms with Gasteiger partial charge in [0.25, 0.3) is 6.33 Å². The number of rotatable bonds is 11. The number of para-hydroxylation sites is 1. The number of hydrogen-bond donors (Lipinski definition) is 0. The molecule has 0 N–H and O–H groups in total. The lowest BCUT2D eigenvalue weighted by Crippen LogP contribution is -2.76. The monoisotopic (exact) mass is 1180 g/mol. The molecule has 87 heavy (non-hydrogen) atoms. The third-order valence-corrected chi connectivity index (χ3v) is 20.1. The number of pyridine rings is 1. The van der Waals surface area contributed by atoms with Crippen molar-refractivity contribution in [3.05, 3.63) is 283 Å². The Hall–Kier alpha value is -9.36. The maximum Gasteiger partial charge on any atom is 0.269 e. The molecule has 3 aromatic heterocycles. The average molecular weight is 1180 g/mol. The third kappa shape index (κ3) is 9.62. The normalized spacial score (nSPS) is 20.3. The molecular weight excluding hydrogens is 1070 g/mol. The molecule has 0 unspecified atom stereocenters. The van der Waals surface area contributed by atoms with E-state index in [1.54, 1.807) is 24.4 Å². The van der Waals surface area contributed by atoms with Gasteiger partial charge in [-0.05, 0) is 148 Å². The fourth-order valence-electron chi connectivity index (χ4n) is 11.7. The Kier molecular flexibility index (Phi) is 6.96. The SMILES string of the molecule is [2H]c1c([2H])c([2H])c(-c2ccc3c(c2)n(-c2cccc(Oc4ccc5c6ccccc6n(-c6cc(C(C)(C)C)ccn6)c5c4)c2)[c-][n+]3-c2c(-c3c([2H])c([2H])c4c(c3[2H])C(C([2H])([2H])[2H])(C([2H])([2H])[2H])CC4(C([2H])([2H])[2H])C([2H])([2H])[2H])cc(C(C)(C)C)cc2[Si](c2c([2H])c([2H])c([2H])c([2H])c2[2H])(c2c([2H])c([2H])c([2H])c([2H])c2[2H])c2c([2H])c([2H])c([2H])c([2H])c2[2H])c([2H])c1[2H]. The van der Waals surface area contributed by atoms with E-state index in [1.165, 1.54) is 73.9 Å². The molecule has 428 valence electrons.